The van der Waals surface area contributed by atoms with E-state index in [-0.39, 0.29) is 18.3 Å². The molecule has 6 nitrogen and oxygen atoms in total. The van der Waals surface area contributed by atoms with Crippen LogP contribution in [0, 0.1) is 13.8 Å². The summed E-state index contributed by atoms with van der Waals surface area (Å²) >= 11 is 0. The molecule has 6 heteroatoms. The van der Waals surface area contributed by atoms with E-state index in [1.807, 2.05) is 26.0 Å². The summed E-state index contributed by atoms with van der Waals surface area (Å²) in [5, 5.41) is 10.3. The maximum Gasteiger partial charge on any atom is 0.249 e. The number of nitrogen functional groups attached to an aromatic ring is 1. The predicted molar refractivity (Wildman–Crippen MR) is 72.5 cm³/mol. The Morgan fingerprint density at radius 1 is 1.26 bits per heavy atom. The minimum Gasteiger partial charge on any atom is -0.399 e. The van der Waals surface area contributed by atoms with Gasteiger partial charge in [0.05, 0.1) is 17.8 Å². The van der Waals surface area contributed by atoms with Crippen molar-refractivity contribution in [1.29, 1.82) is 0 Å². The second kappa shape index (κ2) is 5.43. The van der Waals surface area contributed by atoms with Crippen molar-refractivity contribution in [2.75, 3.05) is 11.1 Å². The Balaban J connectivity index is 2.03. The number of nitrogens with one attached hydrogen (secondary N) is 1. The van der Waals surface area contributed by atoms with Crippen molar-refractivity contribution in [3.63, 3.8) is 0 Å². The molecule has 2 aromatic rings. The average Bonchev–Trinajstić information content (AvgIpc) is 2.34. The molecule has 1 aromatic carbocycles. The summed E-state index contributed by atoms with van der Waals surface area (Å²) in [6.07, 6.45) is 0.224. The van der Waals surface area contributed by atoms with Crippen LogP contribution in [0.5, 0.6) is 0 Å². The highest BCUT2D eigenvalue weighted by Crippen LogP contribution is 2.08. The molecule has 1 aromatic heterocycles. The second-order valence-electron chi connectivity index (χ2n) is 4.28. The summed E-state index contributed by atoms with van der Waals surface area (Å²) in [5.74, 6) is 0.0210. The third-order valence-electron chi connectivity index (χ3n) is 2.66. The number of benzene rings is 1. The molecule has 0 saturated carbocycles. The van der Waals surface area contributed by atoms with Crippen LogP contribution < -0.4 is 11.1 Å². The van der Waals surface area contributed by atoms with Crippen molar-refractivity contribution >= 4 is 17.5 Å². The molecule has 98 valence electrons. The second-order valence-corrected chi connectivity index (χ2v) is 4.28. The molecule has 1 amide bonds. The highest BCUT2D eigenvalue weighted by atomic mass is 16.1. The van der Waals surface area contributed by atoms with E-state index < -0.39 is 0 Å². The number of rotatable bonds is 3. The molecule has 0 aliphatic heterocycles. The third kappa shape index (κ3) is 3.48. The lowest BCUT2D eigenvalue weighted by molar-refractivity contribution is -0.115. The number of hydrogen-bond donors (Lipinski definition) is 2. The van der Waals surface area contributed by atoms with Crippen molar-refractivity contribution in [1.82, 2.24) is 15.2 Å². The Labute approximate surface area is 111 Å². The van der Waals surface area contributed by atoms with Crippen LogP contribution in [0.1, 0.15) is 17.0 Å². The lowest BCUT2D eigenvalue weighted by Gasteiger charge is -2.05. The van der Waals surface area contributed by atoms with Gasteiger partial charge in [0.25, 0.3) is 0 Å². The molecular formula is C13H15N5O. The minimum absolute atomic E-state index is 0.198. The zero-order valence-electron chi connectivity index (χ0n) is 10.8. The number of carbonyl (C=O) groups is 1. The fourth-order valence-electron chi connectivity index (χ4n) is 1.57. The smallest absolute Gasteiger partial charge is 0.249 e. The maximum absolute atomic E-state index is 11.8. The van der Waals surface area contributed by atoms with Gasteiger partial charge in [-0.25, -0.2) is 4.98 Å². The zero-order valence-corrected chi connectivity index (χ0v) is 10.8. The fourth-order valence-corrected chi connectivity index (χ4v) is 1.57. The fraction of sp³-hybridized carbons (Fsp3) is 0.231. The third-order valence-corrected chi connectivity index (χ3v) is 2.66. The Morgan fingerprint density at radius 3 is 2.74 bits per heavy atom. The molecule has 2 rings (SSSR count). The first-order valence-corrected chi connectivity index (χ1v) is 5.87. The number of aryl methyl sites for hydroxylation is 2. The van der Waals surface area contributed by atoms with Crippen molar-refractivity contribution < 1.29 is 4.79 Å². The van der Waals surface area contributed by atoms with Crippen molar-refractivity contribution in [3.05, 3.63) is 41.2 Å². The van der Waals surface area contributed by atoms with Gasteiger partial charge >= 0.3 is 0 Å². The number of aromatic nitrogens is 3. The summed E-state index contributed by atoms with van der Waals surface area (Å²) in [5.41, 5.74) is 8.62. The van der Waals surface area contributed by atoms with E-state index >= 15 is 0 Å². The molecule has 3 N–H and O–H groups in total. The Hall–Kier alpha value is -2.50. The van der Waals surface area contributed by atoms with Gasteiger partial charge in [0.15, 0.2) is 0 Å². The molecule has 0 atom stereocenters. The van der Waals surface area contributed by atoms with Gasteiger partial charge < -0.3 is 5.73 Å². The molecule has 0 spiro atoms. The quantitative estimate of drug-likeness (QED) is 0.807. The van der Waals surface area contributed by atoms with Crippen molar-refractivity contribution in [2.24, 2.45) is 0 Å². The van der Waals surface area contributed by atoms with Gasteiger partial charge in [-0.3, -0.25) is 10.1 Å². The molecule has 0 fully saturated rings. The van der Waals surface area contributed by atoms with Gasteiger partial charge in [-0.05, 0) is 31.5 Å². The lowest BCUT2D eigenvalue weighted by atomic mass is 10.1. The minimum atomic E-state index is -0.198. The van der Waals surface area contributed by atoms with Crippen molar-refractivity contribution in [2.45, 2.75) is 20.3 Å². The average molecular weight is 257 g/mol. The number of anilines is 2. The van der Waals surface area contributed by atoms with Crippen LogP contribution in [0.15, 0.2) is 24.3 Å². The van der Waals surface area contributed by atoms with E-state index in [1.54, 1.807) is 12.1 Å². The maximum atomic E-state index is 11.8. The van der Waals surface area contributed by atoms with Crippen LogP contribution in [0.25, 0.3) is 0 Å². The Kier molecular flexibility index (Phi) is 3.70. The SMILES string of the molecule is Cc1nnc(NC(=O)Cc2cccc(N)c2)nc1C. The topological polar surface area (TPSA) is 93.8 Å². The Morgan fingerprint density at radius 2 is 2.05 bits per heavy atom. The van der Waals surface area contributed by atoms with Gasteiger partial charge in [0.2, 0.25) is 11.9 Å². The Bertz CT molecular complexity index is 612. The monoisotopic (exact) mass is 257 g/mol. The predicted octanol–water partition coefficient (Wildman–Crippen LogP) is 1.25. The molecule has 0 saturated heterocycles. The summed E-state index contributed by atoms with van der Waals surface area (Å²) in [4.78, 5) is 16.0. The summed E-state index contributed by atoms with van der Waals surface area (Å²) < 4.78 is 0. The zero-order chi connectivity index (χ0) is 13.8. The van der Waals surface area contributed by atoms with Crippen LogP contribution in [-0.4, -0.2) is 21.1 Å². The summed E-state index contributed by atoms with van der Waals surface area (Å²) in [6.45, 7) is 3.63. The molecular weight excluding hydrogens is 242 g/mol. The van der Waals surface area contributed by atoms with E-state index in [9.17, 15) is 4.79 Å². The summed E-state index contributed by atoms with van der Waals surface area (Å²) in [7, 11) is 0. The lowest BCUT2D eigenvalue weighted by Crippen LogP contribution is -2.17. The first-order chi connectivity index (χ1) is 9.04. The highest BCUT2D eigenvalue weighted by molar-refractivity contribution is 5.90. The van der Waals surface area contributed by atoms with Crippen molar-refractivity contribution in [3.8, 4) is 0 Å². The van der Waals surface area contributed by atoms with E-state index in [0.717, 1.165) is 17.0 Å². The molecule has 1 heterocycles. The van der Waals surface area contributed by atoms with E-state index in [1.165, 1.54) is 0 Å². The normalized spacial score (nSPS) is 10.2. The van der Waals surface area contributed by atoms with Crippen LogP contribution in [0.4, 0.5) is 11.6 Å². The standard InChI is InChI=1S/C13H15N5O/c1-8-9(2)17-18-13(15-8)16-12(19)7-10-4-3-5-11(14)6-10/h3-6H,7,14H2,1-2H3,(H,15,16,18,19). The van der Waals surface area contributed by atoms with Crippen LogP contribution in [0.3, 0.4) is 0 Å². The van der Waals surface area contributed by atoms with E-state index in [4.69, 9.17) is 5.73 Å². The first kappa shape index (κ1) is 12.9. The highest BCUT2D eigenvalue weighted by Gasteiger charge is 2.07. The number of nitrogens with zero attached hydrogens (tertiary/aromatic N) is 3. The molecule has 0 aliphatic rings. The van der Waals surface area contributed by atoms with Crippen LogP contribution >= 0.6 is 0 Å². The van der Waals surface area contributed by atoms with E-state index in [2.05, 4.69) is 20.5 Å². The molecule has 0 unspecified atom stereocenters. The van der Waals surface area contributed by atoms with E-state index in [0.29, 0.717) is 5.69 Å². The number of nitrogens with two attached hydrogens (primary N) is 1. The number of amides is 1. The summed E-state index contributed by atoms with van der Waals surface area (Å²) in [6, 6.07) is 7.19. The first-order valence-electron chi connectivity index (χ1n) is 5.87. The molecule has 0 radical (unpaired) electrons. The van der Waals surface area contributed by atoms with Crippen LogP contribution in [0.2, 0.25) is 0 Å². The largest absolute Gasteiger partial charge is 0.399 e. The molecule has 19 heavy (non-hydrogen) atoms. The molecule has 0 aliphatic carbocycles. The number of carbonyl (C=O) groups excluding carboxylic acids is 1. The van der Waals surface area contributed by atoms with Gasteiger partial charge in [-0.15, -0.1) is 5.10 Å². The van der Waals surface area contributed by atoms with Gasteiger partial charge in [-0.2, -0.15) is 5.10 Å². The van der Waals surface area contributed by atoms with Gasteiger partial charge in [-0.1, -0.05) is 12.1 Å². The number of hydrogen-bond acceptors (Lipinski definition) is 5. The van der Waals surface area contributed by atoms with Crippen LogP contribution in [-0.2, 0) is 11.2 Å². The van der Waals surface area contributed by atoms with Gasteiger partial charge in [0.1, 0.15) is 0 Å². The molecule has 0 bridgehead atoms. The van der Waals surface area contributed by atoms with Gasteiger partial charge in [0, 0.05) is 5.69 Å².